The van der Waals surface area contributed by atoms with Crippen LogP contribution in [0.5, 0.6) is 0 Å². The summed E-state index contributed by atoms with van der Waals surface area (Å²) in [6.45, 7) is 6.24. The Morgan fingerprint density at radius 2 is 2.25 bits per heavy atom. The molecule has 0 unspecified atom stereocenters. The van der Waals surface area contributed by atoms with E-state index in [-0.39, 0.29) is 30.2 Å². The van der Waals surface area contributed by atoms with Gasteiger partial charge >= 0.3 is 0 Å². The molecule has 6 nitrogen and oxygen atoms in total. The number of rotatable bonds is 7. The van der Waals surface area contributed by atoms with E-state index in [1.165, 1.54) is 28.0 Å². The van der Waals surface area contributed by atoms with Gasteiger partial charge in [0, 0.05) is 12.6 Å². The van der Waals surface area contributed by atoms with E-state index in [1.807, 2.05) is 20.8 Å². The van der Waals surface area contributed by atoms with Gasteiger partial charge < -0.3 is 16.0 Å². The van der Waals surface area contributed by atoms with Crippen LogP contribution in [0.25, 0.3) is 0 Å². The van der Waals surface area contributed by atoms with E-state index in [4.69, 9.17) is 5.73 Å². The molecule has 1 aromatic heterocycles. The predicted molar refractivity (Wildman–Crippen MR) is 82.8 cm³/mol. The van der Waals surface area contributed by atoms with Gasteiger partial charge in [-0.3, -0.25) is 9.59 Å². The molecule has 0 spiro atoms. The number of hydrogen-bond acceptors (Lipinski definition) is 6. The molecule has 0 bridgehead atoms. The van der Waals surface area contributed by atoms with Crippen LogP contribution in [0.1, 0.15) is 20.8 Å². The molecular formula is C12H20N4O2S2. The number of carbonyl (C=O) groups excluding carboxylic acids is 2. The summed E-state index contributed by atoms with van der Waals surface area (Å²) >= 11 is 2.74. The molecule has 0 saturated carbocycles. The van der Waals surface area contributed by atoms with E-state index < -0.39 is 0 Å². The van der Waals surface area contributed by atoms with Gasteiger partial charge in [-0.15, -0.1) is 11.8 Å². The van der Waals surface area contributed by atoms with Crippen LogP contribution in [0.3, 0.4) is 0 Å². The second-order valence-electron chi connectivity index (χ2n) is 4.44. The maximum absolute atomic E-state index is 12.1. The molecule has 2 amide bonds. The molecule has 1 aromatic rings. The average molecular weight is 316 g/mol. The Bertz CT molecular complexity index is 462. The van der Waals surface area contributed by atoms with E-state index in [2.05, 4.69) is 10.3 Å². The van der Waals surface area contributed by atoms with Crippen molar-refractivity contribution in [2.24, 2.45) is 0 Å². The molecule has 112 valence electrons. The van der Waals surface area contributed by atoms with Gasteiger partial charge in [-0.05, 0) is 20.8 Å². The molecule has 3 N–H and O–H groups in total. The number of carbonyl (C=O) groups is 2. The zero-order chi connectivity index (χ0) is 15.1. The fourth-order valence-corrected chi connectivity index (χ4v) is 3.14. The van der Waals surface area contributed by atoms with Crippen LogP contribution in [0, 0.1) is 0 Å². The van der Waals surface area contributed by atoms with Crippen molar-refractivity contribution in [2.75, 3.05) is 24.6 Å². The Balaban J connectivity index is 2.44. The van der Waals surface area contributed by atoms with Crippen LogP contribution >= 0.6 is 23.1 Å². The van der Waals surface area contributed by atoms with Gasteiger partial charge in [0.2, 0.25) is 11.8 Å². The highest BCUT2D eigenvalue weighted by Gasteiger charge is 2.16. The third-order valence-electron chi connectivity index (χ3n) is 2.36. The second-order valence-corrected chi connectivity index (χ2v) is 6.77. The molecule has 0 fully saturated rings. The molecule has 0 atom stereocenters. The van der Waals surface area contributed by atoms with E-state index in [0.29, 0.717) is 11.7 Å². The highest BCUT2D eigenvalue weighted by molar-refractivity contribution is 8.01. The monoisotopic (exact) mass is 316 g/mol. The second kappa shape index (κ2) is 8.11. The van der Waals surface area contributed by atoms with Gasteiger partial charge in [0.25, 0.3) is 0 Å². The number of thioether (sulfide) groups is 1. The summed E-state index contributed by atoms with van der Waals surface area (Å²) in [5, 5.41) is 3.26. The molecule has 0 radical (unpaired) electrons. The first-order valence-electron chi connectivity index (χ1n) is 6.33. The number of nitrogens with zero attached hydrogens (tertiary/aromatic N) is 2. The van der Waals surface area contributed by atoms with Gasteiger partial charge in [0.15, 0.2) is 5.13 Å². The molecule has 1 heterocycles. The first kappa shape index (κ1) is 16.8. The van der Waals surface area contributed by atoms with E-state index in [1.54, 1.807) is 6.20 Å². The van der Waals surface area contributed by atoms with Crippen LogP contribution < -0.4 is 11.1 Å². The van der Waals surface area contributed by atoms with Crippen molar-refractivity contribution in [1.82, 2.24) is 15.2 Å². The first-order chi connectivity index (χ1) is 9.42. The van der Waals surface area contributed by atoms with E-state index in [0.717, 1.165) is 4.21 Å². The number of likely N-dealkylation sites (N-methyl/N-ethyl adjacent to an activating group) is 1. The maximum atomic E-state index is 12.1. The zero-order valence-electron chi connectivity index (χ0n) is 11.9. The first-order valence-corrected chi connectivity index (χ1v) is 8.13. The molecule has 0 saturated heterocycles. The quantitative estimate of drug-likeness (QED) is 0.738. The van der Waals surface area contributed by atoms with Crippen molar-refractivity contribution >= 4 is 40.0 Å². The summed E-state index contributed by atoms with van der Waals surface area (Å²) in [7, 11) is 0. The van der Waals surface area contributed by atoms with Crippen molar-refractivity contribution in [3.8, 4) is 0 Å². The third kappa shape index (κ3) is 5.79. The van der Waals surface area contributed by atoms with Crippen LogP contribution in [0.15, 0.2) is 10.4 Å². The summed E-state index contributed by atoms with van der Waals surface area (Å²) in [5.74, 6) is 0.0790. The lowest BCUT2D eigenvalue weighted by Gasteiger charge is -2.20. The van der Waals surface area contributed by atoms with Crippen molar-refractivity contribution in [1.29, 1.82) is 0 Å². The smallest absolute Gasteiger partial charge is 0.239 e. The van der Waals surface area contributed by atoms with Crippen molar-refractivity contribution in [2.45, 2.75) is 31.0 Å². The number of anilines is 1. The van der Waals surface area contributed by atoms with Crippen molar-refractivity contribution < 1.29 is 9.59 Å². The summed E-state index contributed by atoms with van der Waals surface area (Å²) in [4.78, 5) is 29.2. The molecule has 1 rings (SSSR count). The summed E-state index contributed by atoms with van der Waals surface area (Å²) in [6.07, 6.45) is 1.65. The Morgan fingerprint density at radius 3 is 2.75 bits per heavy atom. The maximum Gasteiger partial charge on any atom is 0.239 e. The lowest BCUT2D eigenvalue weighted by molar-refractivity contribution is -0.134. The van der Waals surface area contributed by atoms with Crippen molar-refractivity contribution in [3.05, 3.63) is 6.20 Å². The lowest BCUT2D eigenvalue weighted by atomic mass is 10.3. The van der Waals surface area contributed by atoms with Crippen LogP contribution in [0.4, 0.5) is 5.13 Å². The van der Waals surface area contributed by atoms with Gasteiger partial charge in [0.05, 0.1) is 22.7 Å². The van der Waals surface area contributed by atoms with Gasteiger partial charge in [-0.25, -0.2) is 4.98 Å². The van der Waals surface area contributed by atoms with Crippen LogP contribution in [-0.2, 0) is 9.59 Å². The summed E-state index contributed by atoms with van der Waals surface area (Å²) < 4.78 is 0.901. The number of thiazole rings is 1. The minimum absolute atomic E-state index is 0.0663. The van der Waals surface area contributed by atoms with Crippen molar-refractivity contribution in [3.63, 3.8) is 0 Å². The predicted octanol–water partition coefficient (Wildman–Crippen LogP) is 1.19. The molecule has 0 aliphatic heterocycles. The molecular weight excluding hydrogens is 296 g/mol. The van der Waals surface area contributed by atoms with Gasteiger partial charge in [-0.1, -0.05) is 11.3 Å². The molecule has 0 aromatic carbocycles. The fourth-order valence-electron chi connectivity index (χ4n) is 1.48. The number of nitrogens with two attached hydrogens (primary N) is 1. The molecule has 0 aliphatic rings. The molecule has 20 heavy (non-hydrogen) atoms. The minimum atomic E-state index is -0.137. The Labute approximate surface area is 127 Å². The highest BCUT2D eigenvalue weighted by atomic mass is 32.2. The van der Waals surface area contributed by atoms with Crippen LogP contribution in [0.2, 0.25) is 0 Å². The number of nitrogen functional groups attached to an aromatic ring is 1. The zero-order valence-corrected chi connectivity index (χ0v) is 13.5. The fraction of sp³-hybridized carbons (Fsp3) is 0.583. The minimum Gasteiger partial charge on any atom is -0.375 e. The van der Waals surface area contributed by atoms with E-state index >= 15 is 0 Å². The highest BCUT2D eigenvalue weighted by Crippen LogP contribution is 2.26. The largest absolute Gasteiger partial charge is 0.375 e. The Hall–Kier alpha value is -1.28. The molecule has 0 aliphatic carbocycles. The number of hydrogen-bond donors (Lipinski definition) is 2. The number of amides is 2. The normalized spacial score (nSPS) is 10.6. The summed E-state index contributed by atoms with van der Waals surface area (Å²) in [6, 6.07) is 0.0749. The SMILES string of the molecule is CCN(CC(=O)NC(C)C)C(=O)CSc1cnc(N)s1. The average Bonchev–Trinajstić information content (AvgIpc) is 2.78. The lowest BCUT2D eigenvalue weighted by Crippen LogP contribution is -2.43. The number of aromatic nitrogens is 1. The van der Waals surface area contributed by atoms with Gasteiger partial charge in [-0.2, -0.15) is 0 Å². The van der Waals surface area contributed by atoms with Gasteiger partial charge in [0.1, 0.15) is 0 Å². The standard InChI is InChI=1S/C12H20N4O2S2/c1-4-16(6-9(17)15-8(2)3)10(18)7-19-11-5-14-12(13)20-11/h5,8H,4,6-7H2,1-3H3,(H2,13,14)(H,15,17). The Kier molecular flexibility index (Phi) is 6.80. The molecule has 8 heteroatoms. The summed E-state index contributed by atoms with van der Waals surface area (Å²) in [5.41, 5.74) is 5.53. The number of nitrogens with one attached hydrogen (secondary N) is 1. The topological polar surface area (TPSA) is 88.3 Å². The van der Waals surface area contributed by atoms with Crippen LogP contribution in [-0.4, -0.2) is 46.6 Å². The van der Waals surface area contributed by atoms with E-state index in [9.17, 15) is 9.59 Å². The third-order valence-corrected chi connectivity index (χ3v) is 4.36. The Morgan fingerprint density at radius 1 is 1.55 bits per heavy atom.